The number of halogens is 3. The van der Waals surface area contributed by atoms with Gasteiger partial charge in [0, 0.05) is 22.5 Å². The molecule has 3 atom stereocenters. The van der Waals surface area contributed by atoms with Crippen LogP contribution in [0.3, 0.4) is 0 Å². The third kappa shape index (κ3) is 4.58. The van der Waals surface area contributed by atoms with E-state index in [1.54, 1.807) is 12.4 Å². The highest BCUT2D eigenvalue weighted by Crippen LogP contribution is 2.38. The van der Waals surface area contributed by atoms with Crippen LogP contribution < -0.4 is 9.46 Å². The number of sulfonamides is 1. The molecule has 0 bridgehead atoms. The van der Waals surface area contributed by atoms with E-state index >= 15 is 0 Å². The van der Waals surface area contributed by atoms with Crippen molar-refractivity contribution in [3.05, 3.63) is 67.0 Å². The number of aliphatic hydroxyl groups excluding tert-OH is 1. The van der Waals surface area contributed by atoms with Crippen LogP contribution in [0, 0.1) is 0 Å². The molecule has 0 spiro atoms. The first-order valence-electron chi connectivity index (χ1n) is 11.0. The molecule has 0 aliphatic heterocycles. The molecule has 4 aromatic rings. The number of aliphatic hydroxyl groups is 1. The SMILES string of the molecule is O=S(=O)(NC1CCC[C@@H](n2c3ccccc3c3ccncc32)[C@@H]1O)c1ccc(OC(F)(F)F)cc1. The van der Waals surface area contributed by atoms with Crippen LogP contribution in [0.1, 0.15) is 25.3 Å². The molecule has 2 N–H and O–H groups in total. The van der Waals surface area contributed by atoms with Crippen molar-refractivity contribution >= 4 is 31.8 Å². The molecule has 184 valence electrons. The Kier molecular flexibility index (Phi) is 5.94. The van der Waals surface area contributed by atoms with Crippen LogP contribution in [0.25, 0.3) is 21.8 Å². The fraction of sp³-hybridized carbons (Fsp3) is 0.292. The predicted molar refractivity (Wildman–Crippen MR) is 123 cm³/mol. The van der Waals surface area contributed by atoms with Crippen LogP contribution in [0.15, 0.2) is 71.9 Å². The van der Waals surface area contributed by atoms with Crippen molar-refractivity contribution in [1.82, 2.24) is 14.3 Å². The number of nitrogens with zero attached hydrogens (tertiary/aromatic N) is 2. The molecule has 1 aliphatic carbocycles. The van der Waals surface area contributed by atoms with Gasteiger partial charge in [-0.15, -0.1) is 13.2 Å². The van der Waals surface area contributed by atoms with Gasteiger partial charge in [-0.2, -0.15) is 0 Å². The van der Waals surface area contributed by atoms with Crippen molar-refractivity contribution in [2.75, 3.05) is 0 Å². The maximum Gasteiger partial charge on any atom is 0.573 e. The van der Waals surface area contributed by atoms with E-state index in [1.165, 1.54) is 0 Å². The maximum absolute atomic E-state index is 13.0. The lowest BCUT2D eigenvalue weighted by atomic mass is 9.88. The van der Waals surface area contributed by atoms with E-state index in [0.29, 0.717) is 19.3 Å². The van der Waals surface area contributed by atoms with Gasteiger partial charge in [-0.3, -0.25) is 4.98 Å². The van der Waals surface area contributed by atoms with Crippen molar-refractivity contribution in [3.63, 3.8) is 0 Å². The molecule has 0 saturated heterocycles. The van der Waals surface area contributed by atoms with E-state index < -0.39 is 40.3 Å². The molecule has 1 aliphatic rings. The van der Waals surface area contributed by atoms with E-state index in [2.05, 4.69) is 14.4 Å². The lowest BCUT2D eigenvalue weighted by Crippen LogP contribution is -2.49. The second kappa shape index (κ2) is 8.81. The summed E-state index contributed by atoms with van der Waals surface area (Å²) >= 11 is 0. The van der Waals surface area contributed by atoms with Gasteiger partial charge in [0.1, 0.15) is 5.75 Å². The monoisotopic (exact) mass is 505 g/mol. The molecule has 1 saturated carbocycles. The van der Waals surface area contributed by atoms with E-state index in [-0.39, 0.29) is 4.90 Å². The van der Waals surface area contributed by atoms with Crippen LogP contribution in [0.2, 0.25) is 0 Å². The topological polar surface area (TPSA) is 93.5 Å². The minimum atomic E-state index is -4.87. The van der Waals surface area contributed by atoms with Gasteiger partial charge in [0.25, 0.3) is 0 Å². The molecule has 2 heterocycles. The zero-order valence-corrected chi connectivity index (χ0v) is 19.1. The Bertz CT molecular complexity index is 1420. The molecule has 5 rings (SSSR count). The smallest absolute Gasteiger partial charge is 0.406 e. The number of hydrogen-bond acceptors (Lipinski definition) is 5. The van der Waals surface area contributed by atoms with Crippen molar-refractivity contribution < 1.29 is 31.4 Å². The number of hydrogen-bond donors (Lipinski definition) is 2. The number of ether oxygens (including phenoxy) is 1. The normalized spacial score (nSPS) is 21.4. The molecular formula is C24H22F3N3O4S. The number of alkyl halides is 3. The molecule has 2 aromatic carbocycles. The van der Waals surface area contributed by atoms with Crippen molar-refractivity contribution in [2.45, 2.75) is 48.7 Å². The number of nitrogens with one attached hydrogen (secondary N) is 1. The summed E-state index contributed by atoms with van der Waals surface area (Å²) in [5.41, 5.74) is 1.77. The standard InChI is InChI=1S/C24H22F3N3O4S/c25-24(26,27)34-15-8-10-16(11-9-15)35(32,33)29-19-5-3-7-21(23(19)31)30-20-6-2-1-4-17(20)18-12-13-28-14-22(18)30/h1-2,4,6,8-14,19,21,23,29,31H,3,5,7H2/t19?,21-,23-/m1/s1. The highest BCUT2D eigenvalue weighted by molar-refractivity contribution is 7.89. The highest BCUT2D eigenvalue weighted by Gasteiger charge is 2.37. The largest absolute Gasteiger partial charge is 0.573 e. The van der Waals surface area contributed by atoms with Crippen LogP contribution in [0.5, 0.6) is 5.75 Å². The summed E-state index contributed by atoms with van der Waals surface area (Å²) in [6.45, 7) is 0. The fourth-order valence-corrected chi connectivity index (χ4v) is 6.15. The predicted octanol–water partition coefficient (Wildman–Crippen LogP) is 4.52. The molecule has 1 unspecified atom stereocenters. The average molecular weight is 506 g/mol. The van der Waals surface area contributed by atoms with Gasteiger partial charge in [0.2, 0.25) is 10.0 Å². The van der Waals surface area contributed by atoms with Gasteiger partial charge >= 0.3 is 6.36 Å². The number of para-hydroxylation sites is 1. The molecule has 7 nitrogen and oxygen atoms in total. The van der Waals surface area contributed by atoms with Crippen molar-refractivity contribution in [2.24, 2.45) is 0 Å². The first kappa shape index (κ1) is 23.6. The summed E-state index contributed by atoms with van der Waals surface area (Å²) in [6.07, 6.45) is -0.735. The quantitative estimate of drug-likeness (QED) is 0.416. The van der Waals surface area contributed by atoms with Crippen LogP contribution in [-0.4, -0.2) is 41.6 Å². The lowest BCUT2D eigenvalue weighted by Gasteiger charge is -2.36. The zero-order valence-electron chi connectivity index (χ0n) is 18.3. The van der Waals surface area contributed by atoms with Crippen LogP contribution in [-0.2, 0) is 10.0 Å². The Labute approximate surface area is 199 Å². The number of pyridine rings is 1. The zero-order chi connectivity index (χ0) is 24.8. The third-order valence-electron chi connectivity index (χ3n) is 6.34. The van der Waals surface area contributed by atoms with Gasteiger partial charge in [-0.05, 0) is 55.7 Å². The molecule has 2 aromatic heterocycles. The number of rotatable bonds is 5. The summed E-state index contributed by atoms with van der Waals surface area (Å²) in [5, 5.41) is 13.3. The van der Waals surface area contributed by atoms with E-state index in [4.69, 9.17) is 0 Å². The van der Waals surface area contributed by atoms with Crippen molar-refractivity contribution in [3.8, 4) is 5.75 Å². The Hall–Kier alpha value is -3.15. The third-order valence-corrected chi connectivity index (χ3v) is 7.85. The second-order valence-electron chi connectivity index (χ2n) is 8.52. The van der Waals surface area contributed by atoms with Gasteiger partial charge in [-0.25, -0.2) is 13.1 Å². The van der Waals surface area contributed by atoms with Gasteiger partial charge in [0.05, 0.1) is 34.8 Å². The number of benzene rings is 2. The van der Waals surface area contributed by atoms with Crippen LogP contribution >= 0.6 is 0 Å². The average Bonchev–Trinajstić information content (AvgIpc) is 3.14. The molecule has 35 heavy (non-hydrogen) atoms. The van der Waals surface area contributed by atoms with Gasteiger partial charge in [0.15, 0.2) is 0 Å². The summed E-state index contributed by atoms with van der Waals surface area (Å²) in [4.78, 5) is 4.02. The minimum Gasteiger partial charge on any atom is -0.406 e. The van der Waals surface area contributed by atoms with E-state index in [9.17, 15) is 26.7 Å². The molecule has 11 heteroatoms. The summed E-state index contributed by atoms with van der Waals surface area (Å²) in [5.74, 6) is -0.519. The molecule has 0 amide bonds. The Morgan fingerprint density at radius 2 is 1.71 bits per heavy atom. The first-order chi connectivity index (χ1) is 16.6. The Morgan fingerprint density at radius 1 is 1.00 bits per heavy atom. The van der Waals surface area contributed by atoms with E-state index in [1.807, 2.05) is 34.9 Å². The summed E-state index contributed by atoms with van der Waals surface area (Å²) < 4.78 is 71.5. The second-order valence-corrected chi connectivity index (χ2v) is 10.2. The van der Waals surface area contributed by atoms with Crippen LogP contribution in [0.4, 0.5) is 13.2 Å². The molecule has 1 fully saturated rings. The maximum atomic E-state index is 13.0. The minimum absolute atomic E-state index is 0.220. The molecule has 0 radical (unpaired) electrons. The van der Waals surface area contributed by atoms with E-state index in [0.717, 1.165) is 46.1 Å². The number of fused-ring (bicyclic) bond motifs is 3. The Morgan fingerprint density at radius 3 is 2.46 bits per heavy atom. The highest BCUT2D eigenvalue weighted by atomic mass is 32.2. The van der Waals surface area contributed by atoms with Gasteiger partial charge < -0.3 is 14.4 Å². The van der Waals surface area contributed by atoms with Crippen molar-refractivity contribution in [1.29, 1.82) is 0 Å². The lowest BCUT2D eigenvalue weighted by molar-refractivity contribution is -0.274. The first-order valence-corrected chi connectivity index (χ1v) is 12.5. The summed E-state index contributed by atoms with van der Waals surface area (Å²) in [7, 11) is -4.10. The number of aromatic nitrogens is 2. The van der Waals surface area contributed by atoms with Gasteiger partial charge in [-0.1, -0.05) is 18.2 Å². The summed E-state index contributed by atoms with van der Waals surface area (Å²) in [6, 6.07) is 12.5. The Balaban J connectivity index is 1.42. The fourth-order valence-electron chi connectivity index (χ4n) is 4.86. The molecular weight excluding hydrogens is 483 g/mol.